The van der Waals surface area contributed by atoms with Gasteiger partial charge in [-0.05, 0) is 43.4 Å². The number of rotatable bonds is 15. The van der Waals surface area contributed by atoms with Crippen molar-refractivity contribution < 1.29 is 24.2 Å². The van der Waals surface area contributed by atoms with Gasteiger partial charge in [0, 0.05) is 26.1 Å². The van der Waals surface area contributed by atoms with Crippen molar-refractivity contribution in [2.75, 3.05) is 32.8 Å². The first-order chi connectivity index (χ1) is 15.5. The van der Waals surface area contributed by atoms with Gasteiger partial charge in [0.1, 0.15) is 12.4 Å². The number of carbonyl (C=O) groups excluding carboxylic acids is 1. The Morgan fingerprint density at radius 3 is 2.50 bits per heavy atom. The van der Waals surface area contributed by atoms with Crippen molar-refractivity contribution in [2.45, 2.75) is 71.3 Å². The Kier molecular flexibility index (Phi) is 11.9. The largest absolute Gasteiger partial charge is 0.492 e. The number of unbranched alkanes of at least 4 members (excludes halogenated alkanes) is 1. The molecule has 0 radical (unpaired) electrons. The first kappa shape index (κ1) is 26.0. The van der Waals surface area contributed by atoms with Gasteiger partial charge in [-0.3, -0.25) is 0 Å². The molecule has 2 rings (SSSR count). The predicted molar refractivity (Wildman–Crippen MR) is 125 cm³/mol. The highest BCUT2D eigenvalue weighted by atomic mass is 16.5. The van der Waals surface area contributed by atoms with Crippen LogP contribution in [-0.4, -0.2) is 61.0 Å². The van der Waals surface area contributed by atoms with Gasteiger partial charge in [0.15, 0.2) is 6.10 Å². The number of aliphatic carboxylic acids is 1. The minimum atomic E-state index is -0.956. The molecular weight excluding hydrogens is 408 g/mol. The Bertz CT molecular complexity index is 673. The predicted octanol–water partition coefficient (Wildman–Crippen LogP) is 4.49. The Morgan fingerprint density at radius 1 is 1.16 bits per heavy atom. The van der Waals surface area contributed by atoms with E-state index in [0.29, 0.717) is 38.5 Å². The molecule has 0 heterocycles. The third kappa shape index (κ3) is 9.47. The molecule has 1 aromatic carbocycles. The fourth-order valence-electron chi connectivity index (χ4n) is 4.06. The normalized spacial score (nSPS) is 14.8. The third-order valence-electron chi connectivity index (χ3n) is 5.99. The molecule has 1 fully saturated rings. The Balaban J connectivity index is 1.82. The van der Waals surface area contributed by atoms with E-state index < -0.39 is 12.1 Å². The molecular formula is C25H40N2O5. The summed E-state index contributed by atoms with van der Waals surface area (Å²) in [5.41, 5.74) is 0.881. The highest BCUT2D eigenvalue weighted by Crippen LogP contribution is 2.27. The first-order valence-corrected chi connectivity index (χ1v) is 12.1. The molecule has 0 aromatic heterocycles. The lowest BCUT2D eigenvalue weighted by Crippen LogP contribution is -2.43. The van der Waals surface area contributed by atoms with Crippen molar-refractivity contribution in [1.29, 1.82) is 0 Å². The molecule has 1 saturated carbocycles. The molecule has 0 bridgehead atoms. The van der Waals surface area contributed by atoms with Gasteiger partial charge in [0.05, 0.1) is 6.54 Å². The lowest BCUT2D eigenvalue weighted by molar-refractivity contribution is -0.149. The molecule has 2 N–H and O–H groups in total. The van der Waals surface area contributed by atoms with Crippen LogP contribution in [0.15, 0.2) is 24.3 Å². The summed E-state index contributed by atoms with van der Waals surface area (Å²) in [5.74, 6) is 0.488. The van der Waals surface area contributed by atoms with Crippen molar-refractivity contribution in [3.8, 4) is 5.75 Å². The van der Waals surface area contributed by atoms with E-state index >= 15 is 0 Å². The number of benzene rings is 1. The number of carbonyl (C=O) groups is 2. The Morgan fingerprint density at radius 2 is 1.88 bits per heavy atom. The van der Waals surface area contributed by atoms with E-state index in [1.165, 1.54) is 25.7 Å². The van der Waals surface area contributed by atoms with Crippen molar-refractivity contribution >= 4 is 12.0 Å². The topological polar surface area (TPSA) is 88.1 Å². The molecule has 1 atom stereocenters. The summed E-state index contributed by atoms with van der Waals surface area (Å²) in [6.07, 6.45) is 7.74. The summed E-state index contributed by atoms with van der Waals surface area (Å²) in [4.78, 5) is 25.8. The fourth-order valence-corrected chi connectivity index (χ4v) is 4.06. The molecule has 1 aliphatic carbocycles. The van der Waals surface area contributed by atoms with Crippen molar-refractivity contribution in [3.63, 3.8) is 0 Å². The van der Waals surface area contributed by atoms with Crippen LogP contribution >= 0.6 is 0 Å². The maximum absolute atomic E-state index is 12.6. The monoisotopic (exact) mass is 448 g/mol. The average molecular weight is 449 g/mol. The molecule has 180 valence electrons. The minimum absolute atomic E-state index is 0.00830. The minimum Gasteiger partial charge on any atom is -0.492 e. The summed E-state index contributed by atoms with van der Waals surface area (Å²) in [7, 11) is 0. The molecule has 0 aliphatic heterocycles. The van der Waals surface area contributed by atoms with E-state index in [2.05, 4.69) is 12.2 Å². The van der Waals surface area contributed by atoms with Crippen molar-refractivity contribution in [3.05, 3.63) is 29.8 Å². The Hall–Kier alpha value is -2.28. The average Bonchev–Trinajstić information content (AvgIpc) is 3.30. The zero-order valence-corrected chi connectivity index (χ0v) is 19.7. The number of hydrogen-bond donors (Lipinski definition) is 2. The number of nitrogens with zero attached hydrogens (tertiary/aromatic N) is 1. The fraction of sp³-hybridized carbons (Fsp3) is 0.680. The van der Waals surface area contributed by atoms with E-state index in [0.717, 1.165) is 37.3 Å². The number of carboxylic acids is 1. The highest BCUT2D eigenvalue weighted by Gasteiger charge is 2.20. The number of amides is 2. The smallest absolute Gasteiger partial charge is 0.333 e. The molecule has 7 heteroatoms. The van der Waals surface area contributed by atoms with Crippen LogP contribution in [0.1, 0.15) is 64.4 Å². The number of ether oxygens (including phenoxy) is 2. The van der Waals surface area contributed by atoms with E-state index in [4.69, 9.17) is 9.47 Å². The molecule has 2 amide bonds. The van der Waals surface area contributed by atoms with E-state index in [1.54, 1.807) is 6.92 Å². The van der Waals surface area contributed by atoms with Gasteiger partial charge >= 0.3 is 12.0 Å². The highest BCUT2D eigenvalue weighted by molar-refractivity contribution is 5.74. The van der Waals surface area contributed by atoms with Crippen LogP contribution in [-0.2, 0) is 16.0 Å². The van der Waals surface area contributed by atoms with Crippen LogP contribution in [0, 0.1) is 5.92 Å². The SMILES string of the molecule is CCCCNC(=O)N(CCOc1ccc(CC(OCC)C(=O)O)cc1)CCC1CCCC1. The van der Waals surface area contributed by atoms with Crippen LogP contribution in [0.5, 0.6) is 5.75 Å². The number of urea groups is 1. The zero-order valence-electron chi connectivity index (χ0n) is 19.7. The van der Waals surface area contributed by atoms with E-state index in [1.807, 2.05) is 29.2 Å². The number of hydrogen-bond acceptors (Lipinski definition) is 4. The second-order valence-electron chi connectivity index (χ2n) is 8.49. The lowest BCUT2D eigenvalue weighted by atomic mass is 10.0. The molecule has 32 heavy (non-hydrogen) atoms. The molecule has 0 spiro atoms. The van der Waals surface area contributed by atoms with Crippen LogP contribution in [0.25, 0.3) is 0 Å². The first-order valence-electron chi connectivity index (χ1n) is 12.1. The molecule has 1 aliphatic rings. The van der Waals surface area contributed by atoms with Gasteiger partial charge in [0.25, 0.3) is 0 Å². The van der Waals surface area contributed by atoms with E-state index in [9.17, 15) is 14.7 Å². The summed E-state index contributed by atoms with van der Waals surface area (Å²) in [6.45, 7) is 6.69. The maximum atomic E-state index is 12.6. The van der Waals surface area contributed by atoms with E-state index in [-0.39, 0.29) is 6.03 Å². The Labute approximate surface area is 192 Å². The second kappa shape index (κ2) is 14.7. The standard InChI is InChI=1S/C25H40N2O5/c1-3-5-15-26-25(30)27(16-14-20-8-6-7-9-20)17-18-32-22-12-10-21(11-13-22)19-23(24(28)29)31-4-2/h10-13,20,23H,3-9,14-19H2,1-2H3,(H,26,30)(H,28,29). The van der Waals surface area contributed by atoms with Crippen molar-refractivity contribution in [2.24, 2.45) is 5.92 Å². The van der Waals surface area contributed by atoms with Gasteiger partial charge < -0.3 is 24.8 Å². The zero-order chi connectivity index (χ0) is 23.2. The summed E-state index contributed by atoms with van der Waals surface area (Å²) >= 11 is 0. The van der Waals surface area contributed by atoms with Crippen LogP contribution < -0.4 is 10.1 Å². The van der Waals surface area contributed by atoms with Crippen LogP contribution in [0.3, 0.4) is 0 Å². The lowest BCUT2D eigenvalue weighted by Gasteiger charge is -2.24. The quantitative estimate of drug-likeness (QED) is 0.386. The van der Waals surface area contributed by atoms with Gasteiger partial charge in [0.2, 0.25) is 0 Å². The van der Waals surface area contributed by atoms with Gasteiger partial charge in [-0.1, -0.05) is 51.2 Å². The molecule has 7 nitrogen and oxygen atoms in total. The summed E-state index contributed by atoms with van der Waals surface area (Å²) in [5, 5.41) is 12.3. The molecule has 1 unspecified atom stereocenters. The van der Waals surface area contributed by atoms with Crippen molar-refractivity contribution in [1.82, 2.24) is 10.2 Å². The summed E-state index contributed by atoms with van der Waals surface area (Å²) in [6, 6.07) is 7.39. The number of carboxylic acid groups (broad SMARTS) is 1. The summed E-state index contributed by atoms with van der Waals surface area (Å²) < 4.78 is 11.1. The molecule has 1 aromatic rings. The number of nitrogens with one attached hydrogen (secondary N) is 1. The van der Waals surface area contributed by atoms with Gasteiger partial charge in [-0.25, -0.2) is 9.59 Å². The second-order valence-corrected chi connectivity index (χ2v) is 8.49. The maximum Gasteiger partial charge on any atom is 0.333 e. The third-order valence-corrected chi connectivity index (χ3v) is 5.99. The van der Waals surface area contributed by atoms with Crippen LogP contribution in [0.2, 0.25) is 0 Å². The van der Waals surface area contributed by atoms with Gasteiger partial charge in [-0.15, -0.1) is 0 Å². The van der Waals surface area contributed by atoms with Crippen LogP contribution in [0.4, 0.5) is 4.79 Å². The van der Waals surface area contributed by atoms with Gasteiger partial charge in [-0.2, -0.15) is 0 Å². The molecule has 0 saturated heterocycles.